The molecule has 5 unspecified atom stereocenters. The van der Waals surface area contributed by atoms with Gasteiger partial charge in [-0.25, -0.2) is 9.67 Å². The van der Waals surface area contributed by atoms with Gasteiger partial charge < -0.3 is 24.1 Å². The number of esters is 3. The van der Waals surface area contributed by atoms with Crippen LogP contribution < -0.4 is 0 Å². The number of aromatic hydroxyl groups is 1. The Morgan fingerprint density at radius 1 is 1.08 bits per heavy atom. The van der Waals surface area contributed by atoms with Gasteiger partial charge in [0, 0.05) is 31.0 Å². The van der Waals surface area contributed by atoms with E-state index in [1.165, 1.54) is 43.4 Å². The first-order valence-corrected chi connectivity index (χ1v) is 13.8. The highest BCUT2D eigenvalue weighted by Crippen LogP contribution is 2.42. The standard InChI is InChI=1S/C23H22Cl2N4O8S2/c1-10(30)34-8-18-20(35-11(2)31)19(29-7-16(27-28-29)17-9-38-23(33)26-17)21(36-12(3)32)22(37-18)39-13-4-5-14(24)15(25)6-13/h4-7,9,18-22H,8H2,1-3H3,(H,26,33). The molecule has 0 radical (unpaired) electrons. The van der Waals surface area contributed by atoms with E-state index in [2.05, 4.69) is 15.3 Å². The van der Waals surface area contributed by atoms with Crippen LogP contribution in [0, 0.1) is 0 Å². The zero-order valence-electron chi connectivity index (χ0n) is 20.6. The fraction of sp³-hybridized carbons (Fsp3) is 0.391. The van der Waals surface area contributed by atoms with Gasteiger partial charge in [0.1, 0.15) is 35.6 Å². The van der Waals surface area contributed by atoms with Crippen molar-refractivity contribution in [2.75, 3.05) is 6.61 Å². The number of halogens is 2. The fourth-order valence-corrected chi connectivity index (χ4v) is 5.94. The Hall–Kier alpha value is -2.91. The Kier molecular flexibility index (Phi) is 9.33. The maximum absolute atomic E-state index is 12.3. The highest BCUT2D eigenvalue weighted by molar-refractivity contribution is 7.99. The first kappa shape index (κ1) is 29.1. The number of thioether (sulfide) groups is 1. The van der Waals surface area contributed by atoms with Crippen LogP contribution in [0.2, 0.25) is 10.0 Å². The molecule has 1 N–H and O–H groups in total. The molecule has 1 saturated heterocycles. The van der Waals surface area contributed by atoms with Gasteiger partial charge in [0.25, 0.3) is 5.19 Å². The van der Waals surface area contributed by atoms with Crippen LogP contribution in [0.1, 0.15) is 26.8 Å². The van der Waals surface area contributed by atoms with E-state index < -0.39 is 47.7 Å². The van der Waals surface area contributed by atoms with Crippen molar-refractivity contribution < 1.29 is 38.4 Å². The molecule has 1 aliphatic heterocycles. The number of ether oxygens (including phenoxy) is 4. The molecular formula is C23H22Cl2N4O8S2. The van der Waals surface area contributed by atoms with Gasteiger partial charge in [0.2, 0.25) is 0 Å². The summed E-state index contributed by atoms with van der Waals surface area (Å²) in [6.45, 7) is 3.41. The Bertz CT molecular complexity index is 1370. The summed E-state index contributed by atoms with van der Waals surface area (Å²) >= 11 is 14.4. The average Bonchev–Trinajstić information content (AvgIpc) is 3.50. The zero-order valence-corrected chi connectivity index (χ0v) is 23.8. The normalized spacial score (nSPS) is 22.7. The molecule has 4 rings (SSSR count). The number of benzene rings is 1. The third kappa shape index (κ3) is 7.19. The van der Waals surface area contributed by atoms with E-state index in [4.69, 9.17) is 42.1 Å². The van der Waals surface area contributed by atoms with Crippen LogP contribution >= 0.6 is 46.3 Å². The lowest BCUT2D eigenvalue weighted by atomic mass is 9.96. The minimum absolute atomic E-state index is 0.152. The van der Waals surface area contributed by atoms with E-state index in [1.807, 2.05) is 0 Å². The van der Waals surface area contributed by atoms with Crippen LogP contribution in [-0.2, 0) is 33.3 Å². The van der Waals surface area contributed by atoms with Crippen molar-refractivity contribution in [3.05, 3.63) is 39.8 Å². The number of rotatable bonds is 8. The Morgan fingerprint density at radius 3 is 2.41 bits per heavy atom. The van der Waals surface area contributed by atoms with Gasteiger partial charge in [-0.05, 0) is 18.2 Å². The second kappa shape index (κ2) is 12.5. The maximum atomic E-state index is 12.3. The van der Waals surface area contributed by atoms with Crippen molar-refractivity contribution in [3.8, 4) is 16.6 Å². The largest absolute Gasteiger partial charge is 0.486 e. The molecule has 0 spiro atoms. The summed E-state index contributed by atoms with van der Waals surface area (Å²) in [6.07, 6.45) is -1.65. The number of nitrogens with zero attached hydrogens (tertiary/aromatic N) is 4. The highest BCUT2D eigenvalue weighted by atomic mass is 35.5. The summed E-state index contributed by atoms with van der Waals surface area (Å²) in [5, 5.41) is 20.1. The highest BCUT2D eigenvalue weighted by Gasteiger charge is 2.52. The number of aromatic nitrogens is 4. The molecule has 1 aromatic carbocycles. The molecule has 39 heavy (non-hydrogen) atoms. The van der Waals surface area contributed by atoms with Gasteiger partial charge in [-0.3, -0.25) is 14.4 Å². The fourth-order valence-electron chi connectivity index (χ4n) is 3.88. The second-order valence-electron chi connectivity index (χ2n) is 8.28. The molecule has 2 aromatic heterocycles. The van der Waals surface area contributed by atoms with Crippen LogP contribution in [0.4, 0.5) is 0 Å². The molecular weight excluding hydrogens is 595 g/mol. The Morgan fingerprint density at radius 2 is 1.79 bits per heavy atom. The van der Waals surface area contributed by atoms with Crippen molar-refractivity contribution in [1.29, 1.82) is 0 Å². The average molecular weight is 617 g/mol. The molecule has 0 bridgehead atoms. The SMILES string of the molecule is CC(=O)OCC1OC(Sc2ccc(Cl)c(Cl)c2)C(OC(C)=O)C(n2cc(-c3csc(O)n3)nn2)C1OC(C)=O. The summed E-state index contributed by atoms with van der Waals surface area (Å²) < 4.78 is 24.2. The summed E-state index contributed by atoms with van der Waals surface area (Å²) in [6, 6.07) is 3.97. The van der Waals surface area contributed by atoms with E-state index in [1.54, 1.807) is 23.6 Å². The molecule has 12 nitrogen and oxygen atoms in total. The van der Waals surface area contributed by atoms with Crippen LogP contribution in [-0.4, -0.2) is 73.3 Å². The Balaban J connectivity index is 1.79. The van der Waals surface area contributed by atoms with E-state index >= 15 is 0 Å². The zero-order chi connectivity index (χ0) is 28.3. The van der Waals surface area contributed by atoms with E-state index in [0.717, 1.165) is 11.3 Å². The van der Waals surface area contributed by atoms with Gasteiger partial charge >= 0.3 is 17.9 Å². The summed E-state index contributed by atoms with van der Waals surface area (Å²) in [5.74, 6) is -1.85. The van der Waals surface area contributed by atoms with Crippen LogP contribution in [0.25, 0.3) is 11.4 Å². The number of carbonyl (C=O) groups is 3. The predicted molar refractivity (Wildman–Crippen MR) is 141 cm³/mol. The predicted octanol–water partition coefficient (Wildman–Crippen LogP) is 3.90. The monoisotopic (exact) mass is 616 g/mol. The molecule has 5 atom stereocenters. The molecule has 0 amide bonds. The van der Waals surface area contributed by atoms with Crippen molar-refractivity contribution in [2.24, 2.45) is 0 Å². The van der Waals surface area contributed by atoms with Crippen molar-refractivity contribution >= 4 is 64.2 Å². The first-order valence-electron chi connectivity index (χ1n) is 11.3. The van der Waals surface area contributed by atoms with Gasteiger partial charge in [-0.15, -0.1) is 5.10 Å². The van der Waals surface area contributed by atoms with Crippen LogP contribution in [0.15, 0.2) is 34.7 Å². The molecule has 1 aliphatic rings. The van der Waals surface area contributed by atoms with Gasteiger partial charge in [-0.1, -0.05) is 51.5 Å². The molecule has 1 fully saturated rings. The molecule has 0 aliphatic carbocycles. The number of hydrogen-bond donors (Lipinski definition) is 1. The van der Waals surface area contributed by atoms with Crippen molar-refractivity contribution in [1.82, 2.24) is 20.0 Å². The second-order valence-corrected chi connectivity index (χ2v) is 11.1. The van der Waals surface area contributed by atoms with Gasteiger partial charge in [0.05, 0.1) is 16.2 Å². The first-order chi connectivity index (χ1) is 18.5. The van der Waals surface area contributed by atoms with Crippen LogP contribution in [0.3, 0.4) is 0 Å². The topological polar surface area (TPSA) is 152 Å². The quantitative estimate of drug-likeness (QED) is 0.288. The Labute approximate surface area is 240 Å². The number of carbonyl (C=O) groups excluding carboxylic acids is 3. The van der Waals surface area contributed by atoms with E-state index in [-0.39, 0.29) is 11.8 Å². The summed E-state index contributed by atoms with van der Waals surface area (Å²) in [7, 11) is 0. The smallest absolute Gasteiger partial charge is 0.303 e. The third-order valence-corrected chi connectivity index (χ3v) is 7.91. The minimum atomic E-state index is -1.12. The number of thiazole rings is 1. The molecule has 208 valence electrons. The molecule has 16 heteroatoms. The minimum Gasteiger partial charge on any atom is -0.486 e. The lowest BCUT2D eigenvalue weighted by Gasteiger charge is -2.44. The van der Waals surface area contributed by atoms with Gasteiger partial charge in [0.15, 0.2) is 12.2 Å². The van der Waals surface area contributed by atoms with Gasteiger partial charge in [-0.2, -0.15) is 0 Å². The lowest BCUT2D eigenvalue weighted by molar-refractivity contribution is -0.212. The van der Waals surface area contributed by atoms with Crippen LogP contribution in [0.5, 0.6) is 5.19 Å². The van der Waals surface area contributed by atoms with Crippen molar-refractivity contribution in [2.45, 2.75) is 55.5 Å². The molecule has 3 aromatic rings. The maximum Gasteiger partial charge on any atom is 0.303 e. The molecule has 0 saturated carbocycles. The molecule has 3 heterocycles. The van der Waals surface area contributed by atoms with E-state index in [0.29, 0.717) is 26.3 Å². The number of hydrogen-bond acceptors (Lipinski definition) is 13. The summed E-state index contributed by atoms with van der Waals surface area (Å²) in [5.41, 5.74) is -0.229. The third-order valence-electron chi connectivity index (χ3n) is 5.39. The van der Waals surface area contributed by atoms with Crippen molar-refractivity contribution in [3.63, 3.8) is 0 Å². The summed E-state index contributed by atoms with van der Waals surface area (Å²) in [4.78, 5) is 40.7. The van der Waals surface area contributed by atoms with E-state index in [9.17, 15) is 19.5 Å². The lowest BCUT2D eigenvalue weighted by Crippen LogP contribution is -2.57.